The van der Waals surface area contributed by atoms with Gasteiger partial charge in [0.25, 0.3) is 0 Å². The topological polar surface area (TPSA) is 38.9 Å². The first-order valence-corrected chi connectivity index (χ1v) is 6.38. The van der Waals surface area contributed by atoms with E-state index in [1.54, 1.807) is 11.3 Å². The number of rotatable bonds is 3. The third-order valence-electron chi connectivity index (χ3n) is 2.67. The van der Waals surface area contributed by atoms with Crippen molar-refractivity contribution < 1.29 is 0 Å². The highest BCUT2D eigenvalue weighted by atomic mass is 32.1. The minimum absolute atomic E-state index is 0.0983. The van der Waals surface area contributed by atoms with Crippen molar-refractivity contribution in [3.8, 4) is 10.4 Å². The van der Waals surface area contributed by atoms with E-state index in [0.29, 0.717) is 0 Å². The normalized spacial score (nSPS) is 12.7. The molecule has 1 aromatic carbocycles. The molecule has 2 nitrogen and oxygen atoms in total. The van der Waals surface area contributed by atoms with Crippen LogP contribution in [-0.4, -0.2) is 4.98 Å². The summed E-state index contributed by atoms with van der Waals surface area (Å²) in [6.45, 7) is 4.13. The minimum atomic E-state index is 0.0983. The second kappa shape index (κ2) is 4.76. The van der Waals surface area contributed by atoms with Crippen LogP contribution >= 0.6 is 11.3 Å². The first-order valence-electron chi connectivity index (χ1n) is 5.50. The van der Waals surface area contributed by atoms with Gasteiger partial charge in [-0.05, 0) is 24.5 Å². The summed E-state index contributed by atoms with van der Waals surface area (Å²) in [7, 11) is 0. The summed E-state index contributed by atoms with van der Waals surface area (Å²) < 4.78 is 0. The predicted octanol–water partition coefficient (Wildman–Crippen LogP) is 3.39. The summed E-state index contributed by atoms with van der Waals surface area (Å²) in [6, 6.07) is 8.55. The van der Waals surface area contributed by atoms with Crippen molar-refractivity contribution in [1.82, 2.24) is 4.98 Å². The average Bonchev–Trinajstić information content (AvgIpc) is 2.77. The highest BCUT2D eigenvalue weighted by Crippen LogP contribution is 2.28. The van der Waals surface area contributed by atoms with E-state index in [2.05, 4.69) is 36.2 Å². The van der Waals surface area contributed by atoms with E-state index >= 15 is 0 Å². The number of benzene rings is 1. The van der Waals surface area contributed by atoms with Gasteiger partial charge in [0.15, 0.2) is 0 Å². The van der Waals surface area contributed by atoms with Crippen molar-refractivity contribution in [2.45, 2.75) is 26.3 Å². The summed E-state index contributed by atoms with van der Waals surface area (Å²) in [4.78, 5) is 5.64. The molecule has 2 aromatic rings. The average molecular weight is 232 g/mol. The van der Waals surface area contributed by atoms with Gasteiger partial charge in [0.05, 0.1) is 16.1 Å². The molecule has 0 spiro atoms. The van der Waals surface area contributed by atoms with Crippen LogP contribution in [0, 0.1) is 0 Å². The number of hydrogen-bond acceptors (Lipinski definition) is 3. The van der Waals surface area contributed by atoms with Gasteiger partial charge in [-0.3, -0.25) is 0 Å². The molecule has 1 aromatic heterocycles. The Labute approximate surface area is 100 Å². The van der Waals surface area contributed by atoms with E-state index in [1.807, 2.05) is 12.4 Å². The molecule has 0 aliphatic rings. The Morgan fingerprint density at radius 3 is 2.56 bits per heavy atom. The summed E-state index contributed by atoms with van der Waals surface area (Å²) >= 11 is 1.70. The number of hydrogen-bond donors (Lipinski definition) is 1. The predicted molar refractivity (Wildman–Crippen MR) is 69.5 cm³/mol. The van der Waals surface area contributed by atoms with E-state index in [0.717, 1.165) is 6.42 Å². The van der Waals surface area contributed by atoms with Crippen LogP contribution in [0.3, 0.4) is 0 Å². The lowest BCUT2D eigenvalue weighted by Gasteiger charge is -2.06. The van der Waals surface area contributed by atoms with Gasteiger partial charge in [-0.25, -0.2) is 4.98 Å². The summed E-state index contributed by atoms with van der Waals surface area (Å²) in [6.07, 6.45) is 0.980. The SMILES string of the molecule is CCc1ncsc1-c1ccc([C@H](C)N)cc1. The van der Waals surface area contributed by atoms with Crippen molar-refractivity contribution >= 4 is 11.3 Å². The number of aryl methyl sites for hydroxylation is 1. The smallest absolute Gasteiger partial charge is 0.0801 e. The number of nitrogens with two attached hydrogens (primary N) is 1. The van der Waals surface area contributed by atoms with Crippen LogP contribution in [0.25, 0.3) is 10.4 Å². The monoisotopic (exact) mass is 232 g/mol. The lowest BCUT2D eigenvalue weighted by Crippen LogP contribution is -2.04. The summed E-state index contributed by atoms with van der Waals surface area (Å²) in [5.74, 6) is 0. The lowest BCUT2D eigenvalue weighted by atomic mass is 10.1. The fourth-order valence-electron chi connectivity index (χ4n) is 1.69. The molecule has 2 N–H and O–H groups in total. The molecule has 0 aliphatic carbocycles. The van der Waals surface area contributed by atoms with Crippen molar-refractivity contribution in [3.05, 3.63) is 41.0 Å². The Morgan fingerprint density at radius 2 is 2.00 bits per heavy atom. The maximum absolute atomic E-state index is 5.83. The summed E-state index contributed by atoms with van der Waals surface area (Å²) in [5.41, 5.74) is 11.3. The van der Waals surface area contributed by atoms with Gasteiger partial charge in [-0.15, -0.1) is 11.3 Å². The molecule has 0 amide bonds. The van der Waals surface area contributed by atoms with Crippen molar-refractivity contribution in [2.75, 3.05) is 0 Å². The van der Waals surface area contributed by atoms with Gasteiger partial charge in [-0.1, -0.05) is 31.2 Å². The van der Waals surface area contributed by atoms with Gasteiger partial charge >= 0.3 is 0 Å². The van der Waals surface area contributed by atoms with Crippen LogP contribution in [0.15, 0.2) is 29.8 Å². The van der Waals surface area contributed by atoms with Gasteiger partial charge < -0.3 is 5.73 Å². The highest BCUT2D eigenvalue weighted by Gasteiger charge is 2.07. The Morgan fingerprint density at radius 1 is 1.31 bits per heavy atom. The maximum Gasteiger partial charge on any atom is 0.0801 e. The van der Waals surface area contributed by atoms with Crippen LogP contribution in [-0.2, 0) is 6.42 Å². The fraction of sp³-hybridized carbons (Fsp3) is 0.308. The third-order valence-corrected chi connectivity index (χ3v) is 3.59. The molecule has 84 valence electrons. The molecule has 16 heavy (non-hydrogen) atoms. The van der Waals surface area contributed by atoms with Crippen molar-refractivity contribution in [1.29, 1.82) is 0 Å². The second-order valence-electron chi connectivity index (χ2n) is 3.89. The number of nitrogens with zero attached hydrogens (tertiary/aromatic N) is 1. The van der Waals surface area contributed by atoms with Crippen LogP contribution < -0.4 is 5.73 Å². The molecule has 0 bridgehead atoms. The lowest BCUT2D eigenvalue weighted by molar-refractivity contribution is 0.818. The maximum atomic E-state index is 5.83. The second-order valence-corrected chi connectivity index (χ2v) is 4.75. The first kappa shape index (κ1) is 11.3. The van der Waals surface area contributed by atoms with Gasteiger partial charge in [0.2, 0.25) is 0 Å². The van der Waals surface area contributed by atoms with Crippen molar-refractivity contribution in [2.24, 2.45) is 5.73 Å². The molecular formula is C13H16N2S. The Balaban J connectivity index is 2.35. The third kappa shape index (κ3) is 2.15. The Hall–Kier alpha value is -1.19. The van der Waals surface area contributed by atoms with E-state index in [1.165, 1.54) is 21.7 Å². The molecule has 0 fully saturated rings. The summed E-state index contributed by atoms with van der Waals surface area (Å²) in [5, 5.41) is 0. The molecule has 0 aliphatic heterocycles. The Bertz CT molecular complexity index is 457. The van der Waals surface area contributed by atoms with Crippen LogP contribution in [0.4, 0.5) is 0 Å². The van der Waals surface area contributed by atoms with E-state index in [9.17, 15) is 0 Å². The minimum Gasteiger partial charge on any atom is -0.324 e. The van der Waals surface area contributed by atoms with Crippen LogP contribution in [0.1, 0.15) is 31.1 Å². The number of thiazole rings is 1. The van der Waals surface area contributed by atoms with Gasteiger partial charge in [0.1, 0.15) is 0 Å². The number of aromatic nitrogens is 1. The van der Waals surface area contributed by atoms with Crippen molar-refractivity contribution in [3.63, 3.8) is 0 Å². The molecule has 2 rings (SSSR count). The zero-order chi connectivity index (χ0) is 11.5. The largest absolute Gasteiger partial charge is 0.324 e. The standard InChI is InChI=1S/C13H16N2S/c1-3-12-13(16-8-15-12)11-6-4-10(5-7-11)9(2)14/h4-9H,3,14H2,1-2H3/t9-/m0/s1. The molecule has 0 saturated heterocycles. The van der Waals surface area contributed by atoms with E-state index < -0.39 is 0 Å². The molecule has 0 radical (unpaired) electrons. The van der Waals surface area contributed by atoms with Crippen LogP contribution in [0.5, 0.6) is 0 Å². The fourth-order valence-corrected chi connectivity index (χ4v) is 2.58. The zero-order valence-corrected chi connectivity index (χ0v) is 10.4. The van der Waals surface area contributed by atoms with E-state index in [-0.39, 0.29) is 6.04 Å². The molecule has 0 saturated carbocycles. The quantitative estimate of drug-likeness (QED) is 0.881. The highest BCUT2D eigenvalue weighted by molar-refractivity contribution is 7.13. The molecule has 1 heterocycles. The van der Waals surface area contributed by atoms with Gasteiger partial charge in [0, 0.05) is 6.04 Å². The molecule has 3 heteroatoms. The Kier molecular flexibility index (Phi) is 3.36. The molecular weight excluding hydrogens is 216 g/mol. The zero-order valence-electron chi connectivity index (χ0n) is 9.60. The first-order chi connectivity index (χ1) is 7.72. The molecule has 0 unspecified atom stereocenters. The van der Waals surface area contributed by atoms with E-state index in [4.69, 9.17) is 5.73 Å². The van der Waals surface area contributed by atoms with Gasteiger partial charge in [-0.2, -0.15) is 0 Å². The van der Waals surface area contributed by atoms with Crippen LogP contribution in [0.2, 0.25) is 0 Å². The molecule has 1 atom stereocenters.